The molecule has 0 unspecified atom stereocenters. The molecule has 45 heavy (non-hydrogen) atoms. The minimum atomic E-state index is -4.63. The standard InChI is InChI=1S/C35H26N2O7S/c1-42-27-20-18-26(19-21-27)37(35(39)44-33-29-14-5-7-16-31(29)36-32-17-8-6-15-30(32)33)45(40,41)28-13-9-12-25(22-28)34(38)43-23-24-10-3-2-4-11-24/h2-22H,23H2,1H3. The Morgan fingerprint density at radius 1 is 0.733 bits per heavy atom. The van der Waals surface area contributed by atoms with Crippen LogP contribution in [0.4, 0.5) is 10.5 Å². The highest BCUT2D eigenvalue weighted by molar-refractivity contribution is 7.93. The molecule has 0 spiro atoms. The number of hydrogen-bond acceptors (Lipinski definition) is 8. The van der Waals surface area contributed by atoms with Gasteiger partial charge in [-0.15, -0.1) is 0 Å². The van der Waals surface area contributed by atoms with Crippen molar-refractivity contribution < 1.29 is 32.2 Å². The van der Waals surface area contributed by atoms with Crippen molar-refractivity contribution in [2.45, 2.75) is 11.5 Å². The number of amides is 1. The van der Waals surface area contributed by atoms with Crippen LogP contribution in [0.1, 0.15) is 15.9 Å². The van der Waals surface area contributed by atoms with Crippen LogP contribution in [0, 0.1) is 0 Å². The topological polar surface area (TPSA) is 112 Å². The summed E-state index contributed by atoms with van der Waals surface area (Å²) in [5, 5.41) is 1.06. The van der Waals surface area contributed by atoms with Gasteiger partial charge in [0.2, 0.25) is 0 Å². The average molecular weight is 619 g/mol. The lowest BCUT2D eigenvalue weighted by Crippen LogP contribution is -2.39. The fraction of sp³-hybridized carbons (Fsp3) is 0.0571. The molecule has 0 N–H and O–H groups in total. The van der Waals surface area contributed by atoms with Crippen LogP contribution in [-0.4, -0.2) is 32.6 Å². The van der Waals surface area contributed by atoms with Crippen LogP contribution in [0.5, 0.6) is 11.5 Å². The summed E-state index contributed by atoms with van der Waals surface area (Å²) in [6, 6.07) is 34.5. The first kappa shape index (κ1) is 29.3. The molecule has 0 aliphatic rings. The number of carbonyl (C=O) groups is 2. The summed E-state index contributed by atoms with van der Waals surface area (Å²) in [4.78, 5) is 31.3. The number of ether oxygens (including phenoxy) is 3. The van der Waals surface area contributed by atoms with Gasteiger partial charge in [0.25, 0.3) is 10.0 Å². The minimum absolute atomic E-state index is 0.000486. The van der Waals surface area contributed by atoms with Crippen LogP contribution >= 0.6 is 0 Å². The first-order chi connectivity index (χ1) is 21.8. The number of benzene rings is 5. The molecule has 1 heterocycles. The Labute approximate surface area is 259 Å². The molecule has 6 aromatic rings. The molecule has 0 aliphatic carbocycles. The van der Waals surface area contributed by atoms with Gasteiger partial charge in [-0.3, -0.25) is 0 Å². The maximum Gasteiger partial charge on any atom is 0.434 e. The van der Waals surface area contributed by atoms with Crippen molar-refractivity contribution in [3.8, 4) is 11.5 Å². The number of carbonyl (C=O) groups excluding carboxylic acids is 2. The van der Waals surface area contributed by atoms with Gasteiger partial charge in [0.1, 0.15) is 12.4 Å². The molecule has 0 atom stereocenters. The molecule has 6 rings (SSSR count). The number of anilines is 1. The highest BCUT2D eigenvalue weighted by Crippen LogP contribution is 2.35. The smallest absolute Gasteiger partial charge is 0.434 e. The number of nitrogens with zero attached hydrogens (tertiary/aromatic N) is 2. The molecular weight excluding hydrogens is 592 g/mol. The van der Waals surface area contributed by atoms with Crippen LogP contribution in [-0.2, 0) is 21.4 Å². The Bertz CT molecular complexity index is 2080. The lowest BCUT2D eigenvalue weighted by molar-refractivity contribution is 0.0472. The van der Waals surface area contributed by atoms with Gasteiger partial charge in [0.05, 0.1) is 34.3 Å². The summed E-state index contributed by atoms with van der Waals surface area (Å²) in [7, 11) is -3.16. The third kappa shape index (κ3) is 6.04. The molecular formula is C35H26N2O7S. The van der Waals surface area contributed by atoms with Crippen LogP contribution in [0.15, 0.2) is 132 Å². The molecule has 1 aromatic heterocycles. The number of pyridine rings is 1. The maximum atomic E-state index is 14.2. The van der Waals surface area contributed by atoms with Gasteiger partial charge < -0.3 is 14.2 Å². The van der Waals surface area contributed by atoms with E-state index in [4.69, 9.17) is 14.2 Å². The molecule has 0 bridgehead atoms. The Balaban J connectivity index is 1.39. The van der Waals surface area contributed by atoms with Crippen molar-refractivity contribution in [3.05, 3.63) is 139 Å². The predicted octanol–water partition coefficient (Wildman–Crippen LogP) is 7.15. The summed E-state index contributed by atoms with van der Waals surface area (Å²) in [5.74, 6) is -0.101. The number of esters is 1. The van der Waals surface area contributed by atoms with Crippen LogP contribution < -0.4 is 13.8 Å². The second-order valence-electron chi connectivity index (χ2n) is 9.90. The van der Waals surface area contributed by atoms with E-state index in [2.05, 4.69) is 4.98 Å². The van der Waals surface area contributed by atoms with Gasteiger partial charge in [-0.25, -0.2) is 23.0 Å². The zero-order valence-corrected chi connectivity index (χ0v) is 24.8. The van der Waals surface area contributed by atoms with Crippen molar-refractivity contribution in [2.24, 2.45) is 0 Å². The predicted molar refractivity (Wildman–Crippen MR) is 170 cm³/mol. The molecule has 1 amide bonds. The molecule has 0 saturated heterocycles. The number of methoxy groups -OCH3 is 1. The third-order valence-electron chi connectivity index (χ3n) is 7.02. The Morgan fingerprint density at radius 3 is 2.00 bits per heavy atom. The molecule has 0 aliphatic heterocycles. The summed E-state index contributed by atoms with van der Waals surface area (Å²) >= 11 is 0. The number of hydrogen-bond donors (Lipinski definition) is 0. The van der Waals surface area contributed by atoms with Crippen molar-refractivity contribution in [3.63, 3.8) is 0 Å². The average Bonchev–Trinajstić information content (AvgIpc) is 3.08. The lowest BCUT2D eigenvalue weighted by atomic mass is 10.1. The van der Waals surface area contributed by atoms with E-state index in [0.29, 0.717) is 31.9 Å². The molecule has 9 nitrogen and oxygen atoms in total. The largest absolute Gasteiger partial charge is 0.497 e. The molecule has 224 valence electrons. The van der Waals surface area contributed by atoms with Crippen LogP contribution in [0.2, 0.25) is 0 Å². The number of para-hydroxylation sites is 2. The maximum absolute atomic E-state index is 14.2. The molecule has 0 radical (unpaired) electrons. The number of sulfonamides is 1. The Morgan fingerprint density at radius 2 is 1.36 bits per heavy atom. The van der Waals surface area contributed by atoms with Crippen molar-refractivity contribution in [1.29, 1.82) is 0 Å². The lowest BCUT2D eigenvalue weighted by Gasteiger charge is -2.23. The summed E-state index contributed by atoms with van der Waals surface area (Å²) in [5.41, 5.74) is 1.92. The van der Waals surface area contributed by atoms with E-state index in [1.54, 1.807) is 36.4 Å². The quantitative estimate of drug-likeness (QED) is 0.131. The normalized spacial score (nSPS) is 11.2. The number of aromatic nitrogens is 1. The van der Waals surface area contributed by atoms with Crippen molar-refractivity contribution in [1.82, 2.24) is 4.98 Å². The molecule has 10 heteroatoms. The van der Waals surface area contributed by atoms with Gasteiger partial charge in [0, 0.05) is 10.8 Å². The van der Waals surface area contributed by atoms with Gasteiger partial charge in [0.15, 0.2) is 5.75 Å². The fourth-order valence-electron chi connectivity index (χ4n) is 4.80. The number of rotatable bonds is 8. The van der Waals surface area contributed by atoms with Crippen LogP contribution in [0.3, 0.4) is 0 Å². The second-order valence-corrected chi connectivity index (χ2v) is 11.7. The minimum Gasteiger partial charge on any atom is -0.497 e. The highest BCUT2D eigenvalue weighted by atomic mass is 32.2. The SMILES string of the molecule is COc1ccc(N(C(=O)Oc2c3ccccc3nc3ccccc23)S(=O)(=O)c2cccc(C(=O)OCc3ccccc3)c2)cc1. The van der Waals surface area contributed by atoms with E-state index in [1.165, 1.54) is 55.6 Å². The van der Waals surface area contributed by atoms with E-state index in [0.717, 1.165) is 5.56 Å². The summed E-state index contributed by atoms with van der Waals surface area (Å²) in [6.45, 7) is 0.00873. The van der Waals surface area contributed by atoms with Crippen molar-refractivity contribution in [2.75, 3.05) is 11.4 Å². The Hall–Kier alpha value is -5.74. The zero-order chi connectivity index (χ0) is 31.4. The zero-order valence-electron chi connectivity index (χ0n) is 24.0. The first-order valence-corrected chi connectivity index (χ1v) is 15.3. The van der Waals surface area contributed by atoms with E-state index < -0.39 is 22.1 Å². The summed E-state index contributed by atoms with van der Waals surface area (Å²) < 4.78 is 45.6. The van der Waals surface area contributed by atoms with E-state index in [1.807, 2.05) is 42.5 Å². The molecule has 0 saturated carbocycles. The van der Waals surface area contributed by atoms with Gasteiger partial charge >= 0.3 is 12.1 Å². The van der Waals surface area contributed by atoms with Gasteiger partial charge in [-0.1, -0.05) is 60.7 Å². The second kappa shape index (κ2) is 12.5. The number of fused-ring (bicyclic) bond motifs is 2. The molecule has 5 aromatic carbocycles. The van der Waals surface area contributed by atoms with Crippen LogP contribution in [0.25, 0.3) is 21.8 Å². The van der Waals surface area contributed by atoms with E-state index in [-0.39, 0.29) is 28.5 Å². The van der Waals surface area contributed by atoms with Gasteiger partial charge in [-0.2, -0.15) is 4.31 Å². The molecule has 0 fully saturated rings. The Kier molecular flexibility index (Phi) is 8.13. The van der Waals surface area contributed by atoms with Gasteiger partial charge in [-0.05, 0) is 72.3 Å². The highest BCUT2D eigenvalue weighted by Gasteiger charge is 2.34. The third-order valence-corrected chi connectivity index (χ3v) is 8.71. The fourth-order valence-corrected chi connectivity index (χ4v) is 6.17. The summed E-state index contributed by atoms with van der Waals surface area (Å²) in [6.07, 6.45) is -1.18. The monoisotopic (exact) mass is 618 g/mol. The van der Waals surface area contributed by atoms with E-state index in [9.17, 15) is 18.0 Å². The first-order valence-electron chi connectivity index (χ1n) is 13.8. The van der Waals surface area contributed by atoms with Crippen molar-refractivity contribution >= 4 is 49.6 Å². The van der Waals surface area contributed by atoms with E-state index >= 15 is 0 Å².